The predicted octanol–water partition coefficient (Wildman–Crippen LogP) is 8.77. The molecular formula is C39H59ClN4O7Si2. The van der Waals surface area contributed by atoms with E-state index in [1.54, 1.807) is 0 Å². The van der Waals surface area contributed by atoms with Crippen LogP contribution in [0.25, 0.3) is 22.4 Å². The van der Waals surface area contributed by atoms with E-state index in [1.165, 1.54) is 5.56 Å². The first-order valence-corrected chi connectivity index (χ1v) is 26.3. The molecule has 3 aromatic rings. The highest BCUT2D eigenvalue weighted by atomic mass is 35.5. The van der Waals surface area contributed by atoms with Crippen molar-refractivity contribution < 1.29 is 32.9 Å². The number of ether oxygens (including phenoxy) is 5. The normalized spacial score (nSPS) is 25.1. The van der Waals surface area contributed by atoms with Crippen LogP contribution in [-0.2, 0) is 30.1 Å². The average molecular weight is 788 g/mol. The zero-order valence-corrected chi connectivity index (χ0v) is 35.8. The van der Waals surface area contributed by atoms with Gasteiger partial charge in [0.2, 0.25) is 0 Å². The standard InChI is InChI=1S/C39H59ClN4O7Si2/c1-10-41-38(45)49-28-17-15-26(16-18-28)25-11-13-27(14-12-25)33-29(40)21-30-36(43-33)44(24-46-19-20-52(5,6)7)37(42-30)50-31-22-47-35-32(23-48-34(31)35)51-53(8,9)39(2,3)4/h11-14,21,26,28,31-32,34-35H,10,15-20,22-24H2,1-9H3,(H,41,45)/t26-,28+,31-,32-,34-,35-/m1/s1. The van der Waals surface area contributed by atoms with Crippen molar-refractivity contribution in [2.24, 2.45) is 0 Å². The van der Waals surface area contributed by atoms with Crippen LogP contribution in [-0.4, -0.2) is 93.9 Å². The van der Waals surface area contributed by atoms with Crippen molar-refractivity contribution in [1.82, 2.24) is 19.9 Å². The van der Waals surface area contributed by atoms with E-state index < -0.39 is 16.4 Å². The molecule has 2 saturated heterocycles. The van der Waals surface area contributed by atoms with E-state index in [0.29, 0.717) is 60.2 Å². The number of nitrogens with one attached hydrogen (secondary N) is 1. The minimum atomic E-state index is -2.02. The Hall–Kier alpha value is -2.53. The van der Waals surface area contributed by atoms with Gasteiger partial charge in [0.25, 0.3) is 0 Å². The number of rotatable bonds is 13. The molecule has 3 aliphatic rings. The molecule has 0 bridgehead atoms. The molecule has 53 heavy (non-hydrogen) atoms. The van der Waals surface area contributed by atoms with Crippen LogP contribution in [0.5, 0.6) is 6.01 Å². The summed E-state index contributed by atoms with van der Waals surface area (Å²) < 4.78 is 39.7. The number of hydrogen-bond acceptors (Lipinski definition) is 9. The zero-order valence-electron chi connectivity index (χ0n) is 33.0. The fourth-order valence-corrected chi connectivity index (χ4v) is 9.36. The molecule has 4 atom stereocenters. The maximum atomic E-state index is 11.9. The summed E-state index contributed by atoms with van der Waals surface area (Å²) in [6.07, 6.45) is 2.34. The van der Waals surface area contributed by atoms with Gasteiger partial charge >= 0.3 is 12.1 Å². The minimum Gasteiger partial charge on any atom is -0.456 e. The number of imidazole rings is 1. The first-order valence-electron chi connectivity index (χ1n) is 19.3. The van der Waals surface area contributed by atoms with Crippen molar-refractivity contribution in [3.8, 4) is 17.3 Å². The van der Waals surface area contributed by atoms with Gasteiger partial charge in [-0.15, -0.1) is 0 Å². The lowest BCUT2D eigenvalue weighted by Gasteiger charge is -2.39. The molecular weight excluding hydrogens is 728 g/mol. The van der Waals surface area contributed by atoms with E-state index >= 15 is 0 Å². The van der Waals surface area contributed by atoms with Crippen molar-refractivity contribution in [3.63, 3.8) is 0 Å². The molecule has 14 heteroatoms. The second kappa shape index (κ2) is 16.3. The fourth-order valence-electron chi connectivity index (χ4n) is 7.03. The summed E-state index contributed by atoms with van der Waals surface area (Å²) in [7, 11) is -3.32. The summed E-state index contributed by atoms with van der Waals surface area (Å²) in [6.45, 7) is 22.5. The monoisotopic (exact) mass is 786 g/mol. The van der Waals surface area contributed by atoms with Crippen LogP contribution in [0.1, 0.15) is 64.9 Å². The molecule has 4 heterocycles. The molecule has 0 radical (unpaired) electrons. The SMILES string of the molecule is CCNC(=O)O[C@H]1CC[C@@H](c2ccc(-c3nc4c(cc3Cl)nc(O[C@@H]3CO[C@H]5[C@@H]3OC[C@H]5O[Si](C)(C)C(C)(C)C)n4COCC[Si](C)(C)C)cc2)CC1. The van der Waals surface area contributed by atoms with Crippen LogP contribution in [0.2, 0.25) is 48.8 Å². The largest absolute Gasteiger partial charge is 0.456 e. The van der Waals surface area contributed by atoms with E-state index in [-0.39, 0.29) is 48.4 Å². The Kier molecular flexibility index (Phi) is 12.3. The zero-order chi connectivity index (χ0) is 38.1. The second-order valence-corrected chi connectivity index (χ2v) is 28.3. The number of pyridine rings is 1. The number of carbonyl (C=O) groups excluding carboxylic acids is 1. The second-order valence-electron chi connectivity index (χ2n) is 17.5. The maximum Gasteiger partial charge on any atom is 0.407 e. The Bertz CT molecular complexity index is 1720. The number of hydrogen-bond donors (Lipinski definition) is 1. The van der Waals surface area contributed by atoms with Crippen molar-refractivity contribution in [3.05, 3.63) is 40.9 Å². The van der Waals surface area contributed by atoms with Crippen LogP contribution in [0.4, 0.5) is 4.79 Å². The van der Waals surface area contributed by atoms with Crippen molar-refractivity contribution in [1.29, 1.82) is 0 Å². The fraction of sp³-hybridized carbons (Fsp3) is 0.667. The Morgan fingerprint density at radius 3 is 2.28 bits per heavy atom. The molecule has 3 fully saturated rings. The molecule has 1 aliphatic carbocycles. The third-order valence-electron chi connectivity index (χ3n) is 11.3. The number of nitrogens with zero attached hydrogens (tertiary/aromatic N) is 3. The lowest BCUT2D eigenvalue weighted by Crippen LogP contribution is -2.47. The quantitative estimate of drug-likeness (QED) is 0.134. The van der Waals surface area contributed by atoms with Gasteiger partial charge in [-0.25, -0.2) is 9.78 Å². The summed E-state index contributed by atoms with van der Waals surface area (Å²) in [4.78, 5) is 21.9. The molecule has 1 N–H and O–H groups in total. The molecule has 2 aliphatic heterocycles. The van der Waals surface area contributed by atoms with Crippen LogP contribution in [0.15, 0.2) is 30.3 Å². The molecule has 6 rings (SSSR count). The topological polar surface area (TPSA) is 115 Å². The van der Waals surface area contributed by atoms with Gasteiger partial charge in [-0.2, -0.15) is 4.98 Å². The molecule has 2 aromatic heterocycles. The van der Waals surface area contributed by atoms with Gasteiger partial charge in [0.1, 0.15) is 30.6 Å². The smallest absolute Gasteiger partial charge is 0.407 e. The van der Waals surface area contributed by atoms with E-state index in [1.807, 2.05) is 17.6 Å². The summed E-state index contributed by atoms with van der Waals surface area (Å²) >= 11 is 6.91. The van der Waals surface area contributed by atoms with E-state index in [9.17, 15) is 4.79 Å². The molecule has 0 spiro atoms. The van der Waals surface area contributed by atoms with Gasteiger partial charge in [-0.3, -0.25) is 4.57 Å². The van der Waals surface area contributed by atoms with Gasteiger partial charge in [0.05, 0.1) is 30.0 Å². The molecule has 1 aromatic carbocycles. The number of benzene rings is 1. The number of carbonyl (C=O) groups is 1. The summed E-state index contributed by atoms with van der Waals surface area (Å²) in [5.41, 5.74) is 4.13. The Labute approximate surface area is 321 Å². The average Bonchev–Trinajstić information content (AvgIpc) is 3.77. The third-order valence-corrected chi connectivity index (χ3v) is 17.7. The van der Waals surface area contributed by atoms with Gasteiger partial charge in [0, 0.05) is 26.8 Å². The van der Waals surface area contributed by atoms with Crippen molar-refractivity contribution in [2.75, 3.05) is 26.4 Å². The van der Waals surface area contributed by atoms with Crippen LogP contribution < -0.4 is 10.1 Å². The number of aromatic nitrogens is 3. The highest BCUT2D eigenvalue weighted by Crippen LogP contribution is 2.41. The van der Waals surface area contributed by atoms with Crippen LogP contribution >= 0.6 is 11.6 Å². The predicted molar refractivity (Wildman–Crippen MR) is 213 cm³/mol. The Balaban J connectivity index is 1.20. The van der Waals surface area contributed by atoms with Crippen LogP contribution in [0, 0.1) is 0 Å². The number of halogens is 1. The summed E-state index contributed by atoms with van der Waals surface area (Å²) in [5.74, 6) is 0.412. The molecule has 0 unspecified atom stereocenters. The third kappa shape index (κ3) is 9.48. The van der Waals surface area contributed by atoms with Crippen LogP contribution in [0.3, 0.4) is 0 Å². The van der Waals surface area contributed by atoms with Gasteiger partial charge in [-0.1, -0.05) is 76.3 Å². The van der Waals surface area contributed by atoms with Gasteiger partial charge in [0.15, 0.2) is 20.1 Å². The lowest BCUT2D eigenvalue weighted by atomic mass is 9.82. The molecule has 1 saturated carbocycles. The Morgan fingerprint density at radius 2 is 1.64 bits per heavy atom. The highest BCUT2D eigenvalue weighted by molar-refractivity contribution is 6.76. The highest BCUT2D eigenvalue weighted by Gasteiger charge is 2.52. The maximum absolute atomic E-state index is 11.9. The first kappa shape index (κ1) is 40.1. The number of alkyl carbamates (subject to hydrolysis) is 1. The van der Waals surface area contributed by atoms with E-state index in [0.717, 1.165) is 37.3 Å². The molecule has 1 amide bonds. The van der Waals surface area contributed by atoms with Gasteiger partial charge in [-0.05, 0) is 74.3 Å². The lowest BCUT2D eigenvalue weighted by molar-refractivity contribution is 0.00687. The Morgan fingerprint density at radius 1 is 0.981 bits per heavy atom. The molecule has 292 valence electrons. The van der Waals surface area contributed by atoms with Gasteiger partial charge < -0.3 is 33.4 Å². The molecule has 11 nitrogen and oxygen atoms in total. The first-order chi connectivity index (χ1) is 25.0. The van der Waals surface area contributed by atoms with Crippen molar-refractivity contribution in [2.45, 2.75) is 140 Å². The number of fused-ring (bicyclic) bond motifs is 2. The summed E-state index contributed by atoms with van der Waals surface area (Å²) in [5, 5.41) is 3.32. The number of amides is 1. The minimum absolute atomic E-state index is 0.0309. The van der Waals surface area contributed by atoms with Crippen molar-refractivity contribution >= 4 is 45.2 Å². The summed E-state index contributed by atoms with van der Waals surface area (Å²) in [6, 6.07) is 11.8. The van der Waals surface area contributed by atoms with E-state index in [4.69, 9.17) is 49.7 Å². The van der Waals surface area contributed by atoms with E-state index in [2.05, 4.69) is 83.1 Å².